The van der Waals surface area contributed by atoms with Gasteiger partial charge in [0.2, 0.25) is 0 Å². The van der Waals surface area contributed by atoms with E-state index in [2.05, 4.69) is 15.2 Å². The molecule has 1 N–H and O–H groups in total. The first kappa shape index (κ1) is 19.9. The topological polar surface area (TPSA) is 103 Å². The van der Waals surface area contributed by atoms with Crippen LogP contribution in [0, 0.1) is 13.8 Å². The lowest BCUT2D eigenvalue weighted by atomic mass is 10.1. The average molecular weight is 402 g/mol. The SMILES string of the molecule is CCOC(=O)c1c(C)[nH]c(C(=O)[C@@H](C)Sc2nnc(-c3ccco3)n2C)c1C. The summed E-state index contributed by atoms with van der Waals surface area (Å²) in [6, 6.07) is 3.58. The number of carbonyl (C=O) groups is 2. The van der Waals surface area contributed by atoms with Crippen molar-refractivity contribution in [2.75, 3.05) is 6.61 Å². The molecule has 0 unspecified atom stereocenters. The molecule has 0 spiro atoms. The molecule has 0 saturated carbocycles. The number of nitrogens with one attached hydrogen (secondary N) is 1. The van der Waals surface area contributed by atoms with E-state index in [0.717, 1.165) is 0 Å². The number of esters is 1. The third-order valence-corrected chi connectivity index (χ3v) is 5.53. The molecule has 3 heterocycles. The molecule has 0 fully saturated rings. The van der Waals surface area contributed by atoms with Crippen molar-refractivity contribution >= 4 is 23.5 Å². The number of aryl methyl sites for hydroxylation is 1. The number of aromatic nitrogens is 4. The van der Waals surface area contributed by atoms with Gasteiger partial charge in [-0.1, -0.05) is 11.8 Å². The third-order valence-electron chi connectivity index (χ3n) is 4.39. The van der Waals surface area contributed by atoms with Crippen LogP contribution < -0.4 is 0 Å². The fraction of sp³-hybridized carbons (Fsp3) is 0.368. The molecule has 1 atom stereocenters. The molecule has 9 heteroatoms. The molecular weight excluding hydrogens is 380 g/mol. The quantitative estimate of drug-likeness (QED) is 0.366. The fourth-order valence-corrected chi connectivity index (χ4v) is 3.83. The smallest absolute Gasteiger partial charge is 0.340 e. The summed E-state index contributed by atoms with van der Waals surface area (Å²) in [6.45, 7) is 7.33. The molecule has 0 aromatic carbocycles. The Morgan fingerprint density at radius 3 is 2.75 bits per heavy atom. The molecule has 0 amide bonds. The molecule has 3 rings (SSSR count). The second-order valence-electron chi connectivity index (χ2n) is 6.31. The molecule has 148 valence electrons. The van der Waals surface area contributed by atoms with Crippen molar-refractivity contribution in [2.24, 2.45) is 7.05 Å². The Bertz CT molecular complexity index is 1000. The maximum absolute atomic E-state index is 13.0. The molecular formula is C19H22N4O4S. The van der Waals surface area contributed by atoms with E-state index in [0.29, 0.717) is 39.3 Å². The maximum atomic E-state index is 13.0. The van der Waals surface area contributed by atoms with Crippen LogP contribution in [0.3, 0.4) is 0 Å². The first-order chi connectivity index (χ1) is 13.3. The number of thioether (sulfide) groups is 1. The Morgan fingerprint density at radius 2 is 2.11 bits per heavy atom. The van der Waals surface area contributed by atoms with Gasteiger partial charge in [0, 0.05) is 12.7 Å². The maximum Gasteiger partial charge on any atom is 0.340 e. The van der Waals surface area contributed by atoms with Crippen LogP contribution in [0.2, 0.25) is 0 Å². The normalized spacial score (nSPS) is 12.2. The number of aromatic amines is 1. The van der Waals surface area contributed by atoms with E-state index in [1.54, 1.807) is 50.7 Å². The van der Waals surface area contributed by atoms with Gasteiger partial charge in [0.15, 0.2) is 22.5 Å². The number of ketones is 1. The van der Waals surface area contributed by atoms with Gasteiger partial charge >= 0.3 is 5.97 Å². The highest BCUT2D eigenvalue weighted by Gasteiger charge is 2.27. The summed E-state index contributed by atoms with van der Waals surface area (Å²) in [4.78, 5) is 28.2. The number of carbonyl (C=O) groups excluding carboxylic acids is 2. The lowest BCUT2D eigenvalue weighted by Crippen LogP contribution is -2.16. The minimum Gasteiger partial charge on any atom is -0.462 e. The molecule has 3 aromatic rings. The van der Waals surface area contributed by atoms with E-state index in [1.807, 2.05) is 7.05 Å². The minimum absolute atomic E-state index is 0.122. The monoisotopic (exact) mass is 402 g/mol. The fourth-order valence-electron chi connectivity index (χ4n) is 2.96. The Balaban J connectivity index is 1.81. The van der Waals surface area contributed by atoms with E-state index in [4.69, 9.17) is 9.15 Å². The number of Topliss-reactive ketones (excluding diaryl/α,β-unsaturated/α-hetero) is 1. The molecule has 0 saturated heterocycles. The van der Waals surface area contributed by atoms with Crippen LogP contribution in [-0.2, 0) is 11.8 Å². The molecule has 0 radical (unpaired) electrons. The standard InChI is InChI=1S/C19H22N4O4S/c1-6-26-18(25)14-10(2)15(20-11(14)3)16(24)12(4)28-19-22-21-17(23(19)5)13-8-7-9-27-13/h7-9,12,20H,6H2,1-5H3/t12-/m1/s1. The summed E-state index contributed by atoms with van der Waals surface area (Å²) in [5.41, 5.74) is 2.05. The Morgan fingerprint density at radius 1 is 1.36 bits per heavy atom. The molecule has 0 bridgehead atoms. The predicted molar refractivity (Wildman–Crippen MR) is 105 cm³/mol. The molecule has 8 nitrogen and oxygen atoms in total. The second-order valence-corrected chi connectivity index (χ2v) is 7.62. The van der Waals surface area contributed by atoms with Crippen molar-refractivity contribution in [3.63, 3.8) is 0 Å². The summed E-state index contributed by atoms with van der Waals surface area (Å²) in [7, 11) is 1.82. The van der Waals surface area contributed by atoms with Crippen LogP contribution in [0.15, 0.2) is 28.0 Å². The van der Waals surface area contributed by atoms with E-state index < -0.39 is 11.2 Å². The molecule has 3 aromatic heterocycles. The highest BCUT2D eigenvalue weighted by Crippen LogP contribution is 2.29. The van der Waals surface area contributed by atoms with E-state index in [-0.39, 0.29) is 12.4 Å². The highest BCUT2D eigenvalue weighted by molar-refractivity contribution is 8.00. The van der Waals surface area contributed by atoms with Crippen LogP contribution >= 0.6 is 11.8 Å². The van der Waals surface area contributed by atoms with Gasteiger partial charge in [-0.05, 0) is 45.4 Å². The second kappa shape index (κ2) is 8.05. The van der Waals surface area contributed by atoms with Gasteiger partial charge in [0.25, 0.3) is 0 Å². The van der Waals surface area contributed by atoms with Gasteiger partial charge in [-0.2, -0.15) is 0 Å². The first-order valence-electron chi connectivity index (χ1n) is 8.85. The lowest BCUT2D eigenvalue weighted by Gasteiger charge is -2.10. The Hall–Kier alpha value is -2.81. The minimum atomic E-state index is -0.431. The zero-order chi connectivity index (χ0) is 20.4. The van der Waals surface area contributed by atoms with E-state index in [9.17, 15) is 9.59 Å². The first-order valence-corrected chi connectivity index (χ1v) is 9.73. The number of hydrogen-bond donors (Lipinski definition) is 1. The number of H-pyrrole nitrogens is 1. The van der Waals surface area contributed by atoms with Gasteiger partial charge in [-0.25, -0.2) is 4.79 Å². The van der Waals surface area contributed by atoms with Crippen LogP contribution in [0.25, 0.3) is 11.6 Å². The lowest BCUT2D eigenvalue weighted by molar-refractivity contribution is 0.0525. The summed E-state index contributed by atoms with van der Waals surface area (Å²) in [5.74, 6) is 0.646. The number of ether oxygens (including phenoxy) is 1. The Labute approximate surface area is 166 Å². The van der Waals surface area contributed by atoms with Crippen molar-refractivity contribution in [1.82, 2.24) is 19.7 Å². The largest absolute Gasteiger partial charge is 0.462 e. The summed E-state index contributed by atoms with van der Waals surface area (Å²) in [5, 5.41) is 8.47. The van der Waals surface area contributed by atoms with E-state index in [1.165, 1.54) is 11.8 Å². The zero-order valence-electron chi connectivity index (χ0n) is 16.4. The molecule has 0 aliphatic carbocycles. The van der Waals surface area contributed by atoms with Gasteiger partial charge < -0.3 is 18.7 Å². The van der Waals surface area contributed by atoms with Crippen molar-refractivity contribution in [1.29, 1.82) is 0 Å². The van der Waals surface area contributed by atoms with Gasteiger partial charge in [0.1, 0.15) is 0 Å². The number of furan rings is 1. The zero-order valence-corrected chi connectivity index (χ0v) is 17.2. The summed E-state index contributed by atoms with van der Waals surface area (Å²) < 4.78 is 12.2. The van der Waals surface area contributed by atoms with Gasteiger partial charge in [-0.3, -0.25) is 4.79 Å². The van der Waals surface area contributed by atoms with Gasteiger partial charge in [-0.15, -0.1) is 10.2 Å². The predicted octanol–water partition coefficient (Wildman–Crippen LogP) is 3.56. The van der Waals surface area contributed by atoms with Crippen molar-refractivity contribution in [3.05, 3.63) is 40.9 Å². The number of hydrogen-bond acceptors (Lipinski definition) is 7. The summed E-state index contributed by atoms with van der Waals surface area (Å²) >= 11 is 1.30. The van der Waals surface area contributed by atoms with Crippen molar-refractivity contribution in [2.45, 2.75) is 38.1 Å². The third kappa shape index (κ3) is 3.62. The summed E-state index contributed by atoms with van der Waals surface area (Å²) in [6.07, 6.45) is 1.57. The van der Waals surface area contributed by atoms with Crippen LogP contribution in [0.1, 0.15) is 46.0 Å². The molecule has 0 aliphatic heterocycles. The average Bonchev–Trinajstić information content (AvgIpc) is 3.35. The number of nitrogens with zero attached hydrogens (tertiary/aromatic N) is 3. The highest BCUT2D eigenvalue weighted by atomic mass is 32.2. The van der Waals surface area contributed by atoms with Crippen molar-refractivity contribution in [3.8, 4) is 11.6 Å². The Kier molecular flexibility index (Phi) is 5.73. The molecule has 28 heavy (non-hydrogen) atoms. The van der Waals surface area contributed by atoms with Crippen molar-refractivity contribution < 1.29 is 18.7 Å². The van der Waals surface area contributed by atoms with Gasteiger partial charge in [0.05, 0.1) is 29.4 Å². The van der Waals surface area contributed by atoms with E-state index >= 15 is 0 Å². The number of rotatable bonds is 7. The van der Waals surface area contributed by atoms with Crippen LogP contribution in [0.5, 0.6) is 0 Å². The van der Waals surface area contributed by atoms with Crippen LogP contribution in [0.4, 0.5) is 0 Å². The molecule has 0 aliphatic rings. The van der Waals surface area contributed by atoms with Crippen LogP contribution in [-0.4, -0.2) is 43.4 Å².